The maximum absolute atomic E-state index is 4.89. The zero-order valence-electron chi connectivity index (χ0n) is 27.5. The van der Waals surface area contributed by atoms with E-state index in [-0.39, 0.29) is 37.8 Å². The third-order valence-electron chi connectivity index (χ3n) is 10.4. The molecule has 0 N–H and O–H groups in total. The van der Waals surface area contributed by atoms with Crippen LogP contribution < -0.4 is 10.9 Å². The van der Waals surface area contributed by atoms with Crippen molar-refractivity contribution in [3.05, 3.63) is 163 Å². The molecule has 0 bridgehead atoms. The van der Waals surface area contributed by atoms with Crippen molar-refractivity contribution in [2.24, 2.45) is 0 Å². The maximum Gasteiger partial charge on any atom is 0.328 e. The van der Waals surface area contributed by atoms with E-state index in [1.54, 1.807) is 0 Å². The first-order valence-corrected chi connectivity index (χ1v) is 16.2. The van der Waals surface area contributed by atoms with Crippen LogP contribution in [0.5, 0.6) is 0 Å². The van der Waals surface area contributed by atoms with Crippen LogP contribution in [-0.4, -0.2) is 26.1 Å². The minimum atomic E-state index is 0. The number of hydrogen-bond donors (Lipinski definition) is 0. The van der Waals surface area contributed by atoms with Gasteiger partial charge in [0.2, 0.25) is 0 Å². The molecule has 0 amide bonds. The first-order valence-electron chi connectivity index (χ1n) is 16.2. The molecule has 1 radical (unpaired) electrons. The number of rotatable bonds is 2. The second kappa shape index (κ2) is 12.4. The minimum absolute atomic E-state index is 0. The molecule has 0 spiro atoms. The summed E-state index contributed by atoms with van der Waals surface area (Å²) < 4.78 is 4.36. The van der Waals surface area contributed by atoms with Gasteiger partial charge in [0.1, 0.15) is 0 Å². The van der Waals surface area contributed by atoms with Crippen LogP contribution in [-0.2, 0) is 30.9 Å². The van der Waals surface area contributed by atoms with Gasteiger partial charge in [0, 0.05) is 48.8 Å². The largest absolute Gasteiger partial charge is 0.374 e. The first kappa shape index (κ1) is 31.8. The van der Waals surface area contributed by atoms with Crippen LogP contribution in [0, 0.1) is 12.1 Å². The van der Waals surface area contributed by atoms with Crippen molar-refractivity contribution in [2.75, 3.05) is 0 Å². The van der Waals surface area contributed by atoms with Crippen molar-refractivity contribution in [1.82, 2.24) is 19.2 Å². The molecule has 0 saturated carbocycles. The van der Waals surface area contributed by atoms with Gasteiger partial charge in [0.05, 0.1) is 6.33 Å². The molecule has 9 rings (SSSR count). The van der Waals surface area contributed by atoms with Gasteiger partial charge in [0.25, 0.3) is 0 Å². The topological polar surface area (TPSA) is 35.6 Å². The molecule has 2 aromatic heterocycles. The number of nitrogens with zero attached hydrogens (tertiary/aromatic N) is 4. The van der Waals surface area contributed by atoms with E-state index in [2.05, 4.69) is 153 Å². The molecule has 5 aromatic carbocycles. The normalized spacial score (nSPS) is 14.4. The Balaban J connectivity index is 0.000000173. The third kappa shape index (κ3) is 4.94. The Morgan fingerprint density at radius 3 is 2.10 bits per heavy atom. The molecular weight excluding hydrogens is 764 g/mol. The fourth-order valence-electron chi connectivity index (χ4n) is 7.31. The quantitative estimate of drug-likeness (QED) is 0.132. The van der Waals surface area contributed by atoms with Crippen molar-refractivity contribution >= 4 is 17.8 Å². The van der Waals surface area contributed by atoms with Gasteiger partial charge in [-0.3, -0.25) is 9.67 Å². The van der Waals surface area contributed by atoms with Crippen LogP contribution in [0.2, 0.25) is 0 Å². The predicted molar refractivity (Wildman–Crippen MR) is 193 cm³/mol. The summed E-state index contributed by atoms with van der Waals surface area (Å²) in [5.74, 6) is 0. The Morgan fingerprint density at radius 1 is 0.646 bits per heavy atom. The van der Waals surface area contributed by atoms with Crippen molar-refractivity contribution in [3.8, 4) is 39.3 Å². The maximum atomic E-state index is 4.89. The molecule has 2 aliphatic rings. The van der Waals surface area contributed by atoms with Gasteiger partial charge >= 0.3 is 6.85 Å². The van der Waals surface area contributed by atoms with Gasteiger partial charge in [-0.05, 0) is 39.3 Å². The summed E-state index contributed by atoms with van der Waals surface area (Å²) >= 11 is 0. The molecule has 48 heavy (non-hydrogen) atoms. The number of benzene rings is 5. The van der Waals surface area contributed by atoms with Crippen LogP contribution in [0.25, 0.3) is 39.3 Å². The van der Waals surface area contributed by atoms with Gasteiger partial charge in [-0.15, -0.1) is 41.5 Å². The average molecular weight is 799 g/mol. The predicted octanol–water partition coefficient (Wildman–Crippen LogP) is 7.89. The Bertz CT molecular complexity index is 2220. The van der Waals surface area contributed by atoms with Crippen molar-refractivity contribution < 1.29 is 20.1 Å². The van der Waals surface area contributed by atoms with E-state index in [1.165, 1.54) is 38.9 Å². The standard InChI is InChI=1S/C27H18BN2.C15H17N2.Ir/c1-3-11-20(12-4-1)26-27-24-17-8-7-15-22(24)23-16-9-10-18-25(23)28(30(27)19-29-26)21-13-5-2-6-14-21;1-14(2)11-7-5-6-8-12(11)17-13(9-10-16-17)15(14,3)4;/h1-11,13-19H;5-7,9-10H,1-4H3;/q2*-1;. The van der Waals surface area contributed by atoms with Crippen LogP contribution in [0.4, 0.5) is 0 Å². The smallest absolute Gasteiger partial charge is 0.328 e. The van der Waals surface area contributed by atoms with Crippen LogP contribution in [0.15, 0.2) is 140 Å². The van der Waals surface area contributed by atoms with E-state index in [9.17, 15) is 0 Å². The fraction of sp³-hybridized carbons (Fsp3) is 0.143. The Hall–Kier alpha value is -4.77. The molecule has 0 unspecified atom stereocenters. The van der Waals surface area contributed by atoms with Crippen molar-refractivity contribution in [2.45, 2.75) is 38.5 Å². The molecule has 0 aliphatic carbocycles. The minimum Gasteiger partial charge on any atom is -0.374 e. The van der Waals surface area contributed by atoms with Crippen molar-refractivity contribution in [3.63, 3.8) is 0 Å². The molecule has 7 aromatic rings. The Kier molecular flexibility index (Phi) is 8.19. The van der Waals surface area contributed by atoms with E-state index in [4.69, 9.17) is 4.98 Å². The third-order valence-corrected chi connectivity index (χ3v) is 10.4. The number of aromatic nitrogens is 4. The zero-order chi connectivity index (χ0) is 32.2. The molecular formula is C42H35BIrN4-2. The van der Waals surface area contributed by atoms with Gasteiger partial charge in [-0.25, -0.2) is 0 Å². The fourth-order valence-corrected chi connectivity index (χ4v) is 7.31. The molecule has 4 heterocycles. The Labute approximate surface area is 297 Å². The van der Waals surface area contributed by atoms with Gasteiger partial charge in [0.15, 0.2) is 0 Å². The summed E-state index contributed by atoms with van der Waals surface area (Å²) in [6.07, 6.45) is 3.87. The monoisotopic (exact) mass is 799 g/mol. The second-order valence-corrected chi connectivity index (χ2v) is 13.4. The molecule has 6 heteroatoms. The molecule has 2 aliphatic heterocycles. The SMILES string of the molecule is CC1(C)c2ccc[c-]c2-n2nccc2C1(C)C.[Ir].[c-]1ccccc1-c1ncn2c1-c1ccccc1-c1ccccc1B2c1ccccc1. The van der Waals surface area contributed by atoms with Crippen LogP contribution >= 0.6 is 0 Å². The number of para-hydroxylation sites is 1. The zero-order valence-corrected chi connectivity index (χ0v) is 29.9. The van der Waals surface area contributed by atoms with Gasteiger partial charge < -0.3 is 4.48 Å². The van der Waals surface area contributed by atoms with E-state index in [0.29, 0.717) is 0 Å². The molecule has 4 nitrogen and oxygen atoms in total. The van der Waals surface area contributed by atoms with E-state index >= 15 is 0 Å². The second-order valence-electron chi connectivity index (χ2n) is 13.4. The number of imidazole rings is 1. The van der Waals surface area contributed by atoms with E-state index in [0.717, 1.165) is 22.6 Å². The molecule has 0 atom stereocenters. The molecule has 0 fully saturated rings. The number of hydrogen-bond acceptors (Lipinski definition) is 2. The van der Waals surface area contributed by atoms with E-state index < -0.39 is 0 Å². The summed E-state index contributed by atoms with van der Waals surface area (Å²) in [5, 5.41) is 4.44. The van der Waals surface area contributed by atoms with Gasteiger partial charge in [-0.2, -0.15) is 29.4 Å². The summed E-state index contributed by atoms with van der Waals surface area (Å²) in [4.78, 5) is 4.89. The van der Waals surface area contributed by atoms with E-state index in [1.807, 2.05) is 41.5 Å². The van der Waals surface area contributed by atoms with Crippen LogP contribution in [0.3, 0.4) is 0 Å². The molecule has 0 saturated heterocycles. The van der Waals surface area contributed by atoms with Crippen molar-refractivity contribution in [1.29, 1.82) is 0 Å². The van der Waals surface area contributed by atoms with Gasteiger partial charge in [-0.1, -0.05) is 112 Å². The summed E-state index contributed by atoms with van der Waals surface area (Å²) in [7, 11) is 0. The average Bonchev–Trinajstić information content (AvgIpc) is 3.76. The Morgan fingerprint density at radius 2 is 1.33 bits per heavy atom. The summed E-state index contributed by atoms with van der Waals surface area (Å²) in [5.41, 5.74) is 13.2. The first-order chi connectivity index (χ1) is 22.9. The summed E-state index contributed by atoms with van der Waals surface area (Å²) in [6.45, 7) is 9.23. The molecule has 237 valence electrons. The summed E-state index contributed by atoms with van der Waals surface area (Å²) in [6, 6.07) is 51.2. The van der Waals surface area contributed by atoms with Crippen LogP contribution in [0.1, 0.15) is 39.0 Å². The number of fused-ring (bicyclic) bond motifs is 8.